The molecule has 1 atom stereocenters. The Hall–Kier alpha value is -1.85. The van der Waals surface area contributed by atoms with Crippen molar-refractivity contribution < 1.29 is 24.5 Å². The van der Waals surface area contributed by atoms with Crippen LogP contribution >= 0.6 is 0 Å². The quantitative estimate of drug-likeness (QED) is 0.818. The SMILES string of the molecule is CCOC1=C(OCC)C(O)(c2ccccc2CO)C1=O. The molecule has 0 aliphatic heterocycles. The lowest BCUT2D eigenvalue weighted by molar-refractivity contribution is -0.148. The van der Waals surface area contributed by atoms with Gasteiger partial charge in [-0.25, -0.2) is 0 Å². The number of aliphatic hydroxyl groups excluding tert-OH is 1. The van der Waals surface area contributed by atoms with Gasteiger partial charge in [0.25, 0.3) is 0 Å². The predicted octanol–water partition coefficient (Wildman–Crippen LogP) is 1.23. The number of carbonyl (C=O) groups excluding carboxylic acids is 1. The van der Waals surface area contributed by atoms with E-state index in [4.69, 9.17) is 9.47 Å². The van der Waals surface area contributed by atoms with E-state index in [1.165, 1.54) is 0 Å². The van der Waals surface area contributed by atoms with Gasteiger partial charge in [-0.15, -0.1) is 0 Å². The van der Waals surface area contributed by atoms with Gasteiger partial charge in [0.15, 0.2) is 5.76 Å². The first-order valence-electron chi connectivity index (χ1n) is 6.57. The van der Waals surface area contributed by atoms with Crippen molar-refractivity contribution in [3.05, 3.63) is 46.9 Å². The molecule has 1 unspecified atom stereocenters. The number of rotatable bonds is 6. The third-order valence-corrected chi connectivity index (χ3v) is 3.22. The summed E-state index contributed by atoms with van der Waals surface area (Å²) in [4.78, 5) is 12.2. The molecule has 2 N–H and O–H groups in total. The summed E-state index contributed by atoms with van der Waals surface area (Å²) in [7, 11) is 0. The number of ether oxygens (including phenoxy) is 2. The molecule has 108 valence electrons. The van der Waals surface area contributed by atoms with Crippen molar-refractivity contribution in [3.63, 3.8) is 0 Å². The summed E-state index contributed by atoms with van der Waals surface area (Å²) in [5.74, 6) is -0.360. The summed E-state index contributed by atoms with van der Waals surface area (Å²) in [5, 5.41) is 20.1. The Bertz CT molecular complexity index is 549. The molecular weight excluding hydrogens is 260 g/mol. The number of aliphatic hydroxyl groups is 2. The van der Waals surface area contributed by atoms with Gasteiger partial charge in [-0.05, 0) is 19.4 Å². The lowest BCUT2D eigenvalue weighted by atomic mass is 9.75. The average Bonchev–Trinajstić information content (AvgIpc) is 2.50. The molecule has 0 spiro atoms. The lowest BCUT2D eigenvalue weighted by Crippen LogP contribution is -2.50. The molecule has 1 aliphatic rings. The lowest BCUT2D eigenvalue weighted by Gasteiger charge is -2.39. The Morgan fingerprint density at radius 2 is 1.80 bits per heavy atom. The molecule has 1 aromatic carbocycles. The zero-order valence-corrected chi connectivity index (χ0v) is 11.5. The normalized spacial score (nSPS) is 21.7. The molecule has 0 heterocycles. The van der Waals surface area contributed by atoms with Gasteiger partial charge in [-0.3, -0.25) is 4.79 Å². The van der Waals surface area contributed by atoms with Crippen molar-refractivity contribution in [2.45, 2.75) is 26.1 Å². The number of carbonyl (C=O) groups is 1. The molecule has 0 bridgehead atoms. The second kappa shape index (κ2) is 5.64. The summed E-state index contributed by atoms with van der Waals surface area (Å²) >= 11 is 0. The molecule has 0 amide bonds. The Kier molecular flexibility index (Phi) is 4.11. The van der Waals surface area contributed by atoms with Crippen molar-refractivity contribution in [3.8, 4) is 0 Å². The van der Waals surface area contributed by atoms with Crippen LogP contribution in [0.3, 0.4) is 0 Å². The van der Waals surface area contributed by atoms with Gasteiger partial charge in [-0.2, -0.15) is 0 Å². The first-order valence-corrected chi connectivity index (χ1v) is 6.57. The minimum atomic E-state index is -1.86. The van der Waals surface area contributed by atoms with Crippen molar-refractivity contribution >= 4 is 5.78 Å². The highest BCUT2D eigenvalue weighted by molar-refractivity contribution is 6.10. The number of hydrogen-bond donors (Lipinski definition) is 2. The van der Waals surface area contributed by atoms with E-state index >= 15 is 0 Å². The largest absolute Gasteiger partial charge is 0.490 e. The first kappa shape index (κ1) is 14.6. The third kappa shape index (κ3) is 1.99. The van der Waals surface area contributed by atoms with Gasteiger partial charge in [0.2, 0.25) is 17.1 Å². The van der Waals surface area contributed by atoms with Gasteiger partial charge in [-0.1, -0.05) is 24.3 Å². The van der Waals surface area contributed by atoms with Crippen LogP contribution < -0.4 is 0 Å². The average molecular weight is 278 g/mol. The van der Waals surface area contributed by atoms with Crippen LogP contribution in [0.25, 0.3) is 0 Å². The Morgan fingerprint density at radius 1 is 1.15 bits per heavy atom. The third-order valence-electron chi connectivity index (χ3n) is 3.22. The fourth-order valence-electron chi connectivity index (χ4n) is 2.32. The van der Waals surface area contributed by atoms with Crippen LogP contribution in [-0.4, -0.2) is 29.2 Å². The minimum absolute atomic E-state index is 0.0598. The number of Topliss-reactive ketones (excluding diaryl/α,β-unsaturated/α-hetero) is 1. The maximum Gasteiger partial charge on any atom is 0.245 e. The van der Waals surface area contributed by atoms with E-state index < -0.39 is 11.4 Å². The van der Waals surface area contributed by atoms with Crippen LogP contribution in [0.1, 0.15) is 25.0 Å². The highest BCUT2D eigenvalue weighted by Crippen LogP contribution is 2.45. The van der Waals surface area contributed by atoms with Crippen molar-refractivity contribution in [1.82, 2.24) is 0 Å². The molecule has 20 heavy (non-hydrogen) atoms. The highest BCUT2D eigenvalue weighted by Gasteiger charge is 2.58. The van der Waals surface area contributed by atoms with E-state index in [-0.39, 0.29) is 18.1 Å². The van der Waals surface area contributed by atoms with E-state index in [0.717, 1.165) is 0 Å². The second-order valence-electron chi connectivity index (χ2n) is 4.38. The molecule has 0 saturated carbocycles. The zero-order valence-electron chi connectivity index (χ0n) is 11.5. The fourth-order valence-corrected chi connectivity index (χ4v) is 2.32. The van der Waals surface area contributed by atoms with Crippen LogP contribution in [0.5, 0.6) is 0 Å². The Labute approximate surface area is 117 Å². The maximum absolute atomic E-state index is 12.2. The van der Waals surface area contributed by atoms with Gasteiger partial charge >= 0.3 is 0 Å². The molecular formula is C15H18O5. The molecule has 5 heteroatoms. The molecule has 0 fully saturated rings. The van der Waals surface area contributed by atoms with E-state index in [0.29, 0.717) is 24.3 Å². The van der Waals surface area contributed by atoms with E-state index in [2.05, 4.69) is 0 Å². The molecule has 0 saturated heterocycles. The van der Waals surface area contributed by atoms with Crippen LogP contribution in [0.2, 0.25) is 0 Å². The van der Waals surface area contributed by atoms with Crippen molar-refractivity contribution in [2.24, 2.45) is 0 Å². The van der Waals surface area contributed by atoms with Crippen LogP contribution in [0, 0.1) is 0 Å². The molecule has 1 aromatic rings. The minimum Gasteiger partial charge on any atom is -0.490 e. The second-order valence-corrected chi connectivity index (χ2v) is 4.38. The van der Waals surface area contributed by atoms with E-state index in [1.54, 1.807) is 38.1 Å². The molecule has 0 aromatic heterocycles. The van der Waals surface area contributed by atoms with Crippen molar-refractivity contribution in [2.75, 3.05) is 13.2 Å². The molecule has 5 nitrogen and oxygen atoms in total. The predicted molar refractivity (Wildman–Crippen MR) is 71.5 cm³/mol. The summed E-state index contributed by atoms with van der Waals surface area (Å²) in [6.45, 7) is 3.87. The Morgan fingerprint density at radius 3 is 2.40 bits per heavy atom. The summed E-state index contributed by atoms with van der Waals surface area (Å²) in [5.41, 5.74) is -1.05. The summed E-state index contributed by atoms with van der Waals surface area (Å²) in [6, 6.07) is 6.69. The van der Waals surface area contributed by atoms with Crippen LogP contribution in [-0.2, 0) is 26.5 Å². The smallest absolute Gasteiger partial charge is 0.245 e. The van der Waals surface area contributed by atoms with Gasteiger partial charge in [0, 0.05) is 5.56 Å². The molecule has 0 radical (unpaired) electrons. The van der Waals surface area contributed by atoms with Gasteiger partial charge in [0.05, 0.1) is 19.8 Å². The number of benzene rings is 1. The van der Waals surface area contributed by atoms with Gasteiger partial charge < -0.3 is 19.7 Å². The first-order chi connectivity index (χ1) is 9.61. The van der Waals surface area contributed by atoms with Crippen LogP contribution in [0.15, 0.2) is 35.8 Å². The van der Waals surface area contributed by atoms with Gasteiger partial charge in [0.1, 0.15) is 0 Å². The maximum atomic E-state index is 12.2. The highest BCUT2D eigenvalue weighted by atomic mass is 16.5. The number of hydrogen-bond acceptors (Lipinski definition) is 5. The summed E-state index contributed by atoms with van der Waals surface area (Å²) in [6.07, 6.45) is 0. The monoisotopic (exact) mass is 278 g/mol. The molecule has 1 aliphatic carbocycles. The number of ketones is 1. The summed E-state index contributed by atoms with van der Waals surface area (Å²) < 4.78 is 10.6. The topological polar surface area (TPSA) is 76.0 Å². The Balaban J connectivity index is 2.51. The fraction of sp³-hybridized carbons (Fsp3) is 0.400. The zero-order chi connectivity index (χ0) is 14.8. The standard InChI is InChI=1S/C15H18O5/c1-3-19-12-13(17)15(18,14(12)20-4-2)11-8-6-5-7-10(11)9-16/h5-8,16,18H,3-4,9H2,1-2H3. The van der Waals surface area contributed by atoms with Crippen LogP contribution in [0.4, 0.5) is 0 Å². The van der Waals surface area contributed by atoms with Crippen molar-refractivity contribution in [1.29, 1.82) is 0 Å². The van der Waals surface area contributed by atoms with E-state index in [1.807, 2.05) is 0 Å². The molecule has 2 rings (SSSR count). The van der Waals surface area contributed by atoms with E-state index in [9.17, 15) is 15.0 Å².